The number of rotatable bonds is 7. The Morgan fingerprint density at radius 3 is 2.45 bits per heavy atom. The van der Waals surface area contributed by atoms with Gasteiger partial charge in [0.05, 0.1) is 14.2 Å². The Bertz CT molecular complexity index is 1030. The molecule has 0 saturated carbocycles. The predicted molar refractivity (Wildman–Crippen MR) is 112 cm³/mol. The summed E-state index contributed by atoms with van der Waals surface area (Å²) in [5.41, 5.74) is 1.77. The van der Waals surface area contributed by atoms with Gasteiger partial charge in [-0.3, -0.25) is 9.59 Å². The first kappa shape index (κ1) is 20.5. The molecule has 2 amide bonds. The van der Waals surface area contributed by atoms with Crippen LogP contribution in [0.3, 0.4) is 0 Å². The highest BCUT2D eigenvalue weighted by Crippen LogP contribution is 2.27. The minimum Gasteiger partial charge on any atom is -0.493 e. The van der Waals surface area contributed by atoms with E-state index in [1.54, 1.807) is 62.8 Å². The van der Waals surface area contributed by atoms with Crippen LogP contribution in [-0.4, -0.2) is 26.0 Å². The first-order valence-electron chi connectivity index (χ1n) is 8.66. The van der Waals surface area contributed by atoms with E-state index >= 15 is 0 Å². The quantitative estimate of drug-likeness (QED) is 0.552. The Morgan fingerprint density at radius 1 is 0.966 bits per heavy atom. The molecular formula is C21H19BrN2O5. The lowest BCUT2D eigenvalue weighted by atomic mass is 10.1. The number of amides is 2. The van der Waals surface area contributed by atoms with E-state index < -0.39 is 5.91 Å². The molecule has 29 heavy (non-hydrogen) atoms. The average Bonchev–Trinajstić information content (AvgIpc) is 3.18. The maximum absolute atomic E-state index is 12.5. The molecule has 3 rings (SSSR count). The molecule has 0 saturated heterocycles. The standard InChI is InChI=1S/C21H19BrN2O5/c1-27-16-7-6-13(10-18(16)28-2)12-23-20(25)14-4-3-5-15(11-14)24-21(26)17-8-9-19(22)29-17/h3-11H,12H2,1-2H3,(H,23,25)(H,24,26). The summed E-state index contributed by atoms with van der Waals surface area (Å²) < 4.78 is 16.2. The highest BCUT2D eigenvalue weighted by Gasteiger charge is 2.13. The summed E-state index contributed by atoms with van der Waals surface area (Å²) in [4.78, 5) is 24.7. The molecule has 2 aromatic carbocycles. The fraction of sp³-hybridized carbons (Fsp3) is 0.143. The molecule has 3 aromatic rings. The Morgan fingerprint density at radius 2 is 1.76 bits per heavy atom. The molecule has 1 heterocycles. The zero-order chi connectivity index (χ0) is 20.8. The summed E-state index contributed by atoms with van der Waals surface area (Å²) in [5.74, 6) is 0.707. The van der Waals surface area contributed by atoms with E-state index in [9.17, 15) is 9.59 Å². The van der Waals surface area contributed by atoms with E-state index in [-0.39, 0.29) is 11.7 Å². The number of carbonyl (C=O) groups is 2. The maximum atomic E-state index is 12.5. The average molecular weight is 459 g/mol. The lowest BCUT2D eigenvalue weighted by Crippen LogP contribution is -2.23. The van der Waals surface area contributed by atoms with Gasteiger partial charge in [0.2, 0.25) is 0 Å². The normalized spacial score (nSPS) is 10.3. The largest absolute Gasteiger partial charge is 0.493 e. The van der Waals surface area contributed by atoms with E-state index in [2.05, 4.69) is 26.6 Å². The summed E-state index contributed by atoms with van der Waals surface area (Å²) in [6, 6.07) is 15.3. The van der Waals surface area contributed by atoms with E-state index in [4.69, 9.17) is 13.9 Å². The monoisotopic (exact) mass is 458 g/mol. The van der Waals surface area contributed by atoms with Crippen LogP contribution in [-0.2, 0) is 6.54 Å². The summed E-state index contributed by atoms with van der Waals surface area (Å²) in [6.07, 6.45) is 0. The van der Waals surface area contributed by atoms with Gasteiger partial charge >= 0.3 is 0 Å². The van der Waals surface area contributed by atoms with Crippen LogP contribution in [0.4, 0.5) is 5.69 Å². The molecule has 0 aliphatic heterocycles. The molecule has 0 atom stereocenters. The Labute approximate surface area is 176 Å². The van der Waals surface area contributed by atoms with Crippen molar-refractivity contribution >= 4 is 33.4 Å². The van der Waals surface area contributed by atoms with Gasteiger partial charge in [-0.05, 0) is 64.0 Å². The second kappa shape index (κ2) is 9.29. The van der Waals surface area contributed by atoms with Gasteiger partial charge in [-0.15, -0.1) is 0 Å². The van der Waals surface area contributed by atoms with E-state index in [1.807, 2.05) is 6.07 Å². The molecule has 1 aromatic heterocycles. The van der Waals surface area contributed by atoms with Crippen LogP contribution in [0.25, 0.3) is 0 Å². The smallest absolute Gasteiger partial charge is 0.291 e. The van der Waals surface area contributed by atoms with Crippen LogP contribution < -0.4 is 20.1 Å². The number of methoxy groups -OCH3 is 2. The van der Waals surface area contributed by atoms with Crippen LogP contribution in [0.5, 0.6) is 11.5 Å². The maximum Gasteiger partial charge on any atom is 0.291 e. The third kappa shape index (κ3) is 5.17. The van der Waals surface area contributed by atoms with Crippen molar-refractivity contribution in [2.24, 2.45) is 0 Å². The van der Waals surface area contributed by atoms with Crippen molar-refractivity contribution < 1.29 is 23.5 Å². The second-order valence-electron chi connectivity index (χ2n) is 6.01. The van der Waals surface area contributed by atoms with Gasteiger partial charge in [0.1, 0.15) is 0 Å². The molecule has 0 spiro atoms. The minimum absolute atomic E-state index is 0.167. The lowest BCUT2D eigenvalue weighted by Gasteiger charge is -2.11. The number of furan rings is 1. The zero-order valence-corrected chi connectivity index (χ0v) is 17.4. The molecule has 0 radical (unpaired) electrons. The number of hydrogen-bond acceptors (Lipinski definition) is 5. The van der Waals surface area contributed by atoms with E-state index in [0.717, 1.165) is 5.56 Å². The van der Waals surface area contributed by atoms with Gasteiger partial charge < -0.3 is 24.5 Å². The molecule has 0 aliphatic carbocycles. The molecule has 150 valence electrons. The number of ether oxygens (including phenoxy) is 2. The molecular weight excluding hydrogens is 440 g/mol. The third-order valence-corrected chi connectivity index (χ3v) is 4.51. The molecule has 2 N–H and O–H groups in total. The minimum atomic E-state index is -0.404. The number of benzene rings is 2. The number of hydrogen-bond donors (Lipinski definition) is 2. The van der Waals surface area contributed by atoms with Crippen LogP contribution in [0.1, 0.15) is 26.5 Å². The number of nitrogens with one attached hydrogen (secondary N) is 2. The van der Waals surface area contributed by atoms with Crippen LogP contribution >= 0.6 is 15.9 Å². The van der Waals surface area contributed by atoms with Gasteiger partial charge in [0.25, 0.3) is 11.8 Å². The van der Waals surface area contributed by atoms with Crippen molar-refractivity contribution in [3.63, 3.8) is 0 Å². The number of anilines is 1. The SMILES string of the molecule is COc1ccc(CNC(=O)c2cccc(NC(=O)c3ccc(Br)o3)c2)cc1OC. The van der Waals surface area contributed by atoms with Crippen molar-refractivity contribution in [1.29, 1.82) is 0 Å². The zero-order valence-electron chi connectivity index (χ0n) is 15.8. The van der Waals surface area contributed by atoms with Crippen molar-refractivity contribution in [1.82, 2.24) is 5.32 Å². The van der Waals surface area contributed by atoms with E-state index in [0.29, 0.717) is 34.0 Å². The van der Waals surface area contributed by atoms with Gasteiger partial charge in [-0.2, -0.15) is 0 Å². The summed E-state index contributed by atoms with van der Waals surface area (Å²) >= 11 is 3.16. The Hall–Kier alpha value is -3.26. The Kier molecular flexibility index (Phi) is 6.56. The van der Waals surface area contributed by atoms with Gasteiger partial charge in [-0.25, -0.2) is 0 Å². The first-order chi connectivity index (χ1) is 14.0. The van der Waals surface area contributed by atoms with Crippen LogP contribution in [0, 0.1) is 0 Å². The van der Waals surface area contributed by atoms with Crippen molar-refractivity contribution in [2.45, 2.75) is 6.54 Å². The molecule has 0 unspecified atom stereocenters. The Balaban J connectivity index is 1.64. The number of carbonyl (C=O) groups excluding carboxylic acids is 2. The summed E-state index contributed by atoms with van der Waals surface area (Å²) in [5, 5.41) is 5.55. The molecule has 0 fully saturated rings. The highest BCUT2D eigenvalue weighted by atomic mass is 79.9. The topological polar surface area (TPSA) is 89.8 Å². The van der Waals surface area contributed by atoms with Gasteiger partial charge in [0, 0.05) is 17.8 Å². The number of halogens is 1. The summed E-state index contributed by atoms with van der Waals surface area (Å²) in [6.45, 7) is 0.316. The van der Waals surface area contributed by atoms with Crippen molar-refractivity contribution in [2.75, 3.05) is 19.5 Å². The molecule has 0 aliphatic rings. The first-order valence-corrected chi connectivity index (χ1v) is 9.45. The van der Waals surface area contributed by atoms with E-state index in [1.165, 1.54) is 0 Å². The predicted octanol–water partition coefficient (Wildman–Crippen LogP) is 4.24. The second-order valence-corrected chi connectivity index (χ2v) is 6.79. The fourth-order valence-corrected chi connectivity index (χ4v) is 2.95. The molecule has 8 heteroatoms. The van der Waals surface area contributed by atoms with Crippen molar-refractivity contribution in [3.8, 4) is 11.5 Å². The highest BCUT2D eigenvalue weighted by molar-refractivity contribution is 9.10. The van der Waals surface area contributed by atoms with Crippen LogP contribution in [0.15, 0.2) is 63.7 Å². The van der Waals surface area contributed by atoms with Crippen molar-refractivity contribution in [3.05, 3.63) is 76.2 Å². The lowest BCUT2D eigenvalue weighted by molar-refractivity contribution is 0.0949. The third-order valence-electron chi connectivity index (χ3n) is 4.08. The van der Waals surface area contributed by atoms with Gasteiger partial charge in [-0.1, -0.05) is 12.1 Å². The molecule has 0 bridgehead atoms. The summed E-state index contributed by atoms with van der Waals surface area (Å²) in [7, 11) is 3.12. The van der Waals surface area contributed by atoms with Gasteiger partial charge in [0.15, 0.2) is 21.9 Å². The fourth-order valence-electron chi connectivity index (χ4n) is 2.64. The van der Waals surface area contributed by atoms with Crippen LogP contribution in [0.2, 0.25) is 0 Å². The molecule has 7 nitrogen and oxygen atoms in total.